The molecule has 0 bridgehead atoms. The zero-order valence-corrected chi connectivity index (χ0v) is 10.7. The van der Waals surface area contributed by atoms with Crippen LogP contribution >= 0.6 is 11.3 Å². The summed E-state index contributed by atoms with van der Waals surface area (Å²) in [5, 5.41) is 4.60. The van der Waals surface area contributed by atoms with Gasteiger partial charge in [-0.1, -0.05) is 6.92 Å². The van der Waals surface area contributed by atoms with Gasteiger partial charge in [0.05, 0.1) is 11.6 Å². The molecule has 1 aliphatic rings. The lowest BCUT2D eigenvalue weighted by Gasteiger charge is -2.03. The van der Waals surface area contributed by atoms with E-state index in [1.807, 2.05) is 6.20 Å². The third-order valence-electron chi connectivity index (χ3n) is 2.68. The van der Waals surface area contributed by atoms with E-state index >= 15 is 0 Å². The Morgan fingerprint density at radius 3 is 3.12 bits per heavy atom. The van der Waals surface area contributed by atoms with Crippen molar-refractivity contribution in [3.05, 3.63) is 16.1 Å². The third kappa shape index (κ3) is 4.20. The molecule has 1 aromatic rings. The number of hydrogen-bond acceptors (Lipinski definition) is 4. The van der Waals surface area contributed by atoms with Gasteiger partial charge in [0, 0.05) is 30.8 Å². The lowest BCUT2D eigenvalue weighted by atomic mass is 10.5. The molecule has 1 saturated carbocycles. The number of nitrogens with one attached hydrogen (secondary N) is 1. The zero-order chi connectivity index (χ0) is 11.2. The van der Waals surface area contributed by atoms with Crippen molar-refractivity contribution in [2.45, 2.75) is 32.7 Å². The maximum atomic E-state index is 5.55. The molecule has 1 aromatic heterocycles. The molecular weight excluding hydrogens is 220 g/mol. The van der Waals surface area contributed by atoms with Gasteiger partial charge in [-0.05, 0) is 25.2 Å². The number of aryl methyl sites for hydroxylation is 1. The Bertz CT molecular complexity index is 310. The molecule has 90 valence electrons. The van der Waals surface area contributed by atoms with Crippen LogP contribution in [0.2, 0.25) is 0 Å². The maximum absolute atomic E-state index is 5.55. The smallest absolute Gasteiger partial charge is 0.0925 e. The molecular formula is C12H20N2OS. The summed E-state index contributed by atoms with van der Waals surface area (Å²) in [4.78, 5) is 5.65. The van der Waals surface area contributed by atoms with Crippen molar-refractivity contribution in [1.82, 2.24) is 10.3 Å². The van der Waals surface area contributed by atoms with E-state index in [2.05, 4.69) is 17.2 Å². The van der Waals surface area contributed by atoms with E-state index < -0.39 is 0 Å². The highest BCUT2D eigenvalue weighted by Gasteiger charge is 2.20. The minimum absolute atomic E-state index is 0.829. The number of rotatable bonds is 8. The summed E-state index contributed by atoms with van der Waals surface area (Å²) in [7, 11) is 0. The van der Waals surface area contributed by atoms with E-state index in [1.54, 1.807) is 11.3 Å². The summed E-state index contributed by atoms with van der Waals surface area (Å²) in [6.45, 7) is 5.79. The number of ether oxygens (including phenoxy) is 1. The minimum Gasteiger partial charge on any atom is -0.380 e. The predicted octanol–water partition coefficient (Wildman–Crippen LogP) is 2.22. The van der Waals surface area contributed by atoms with Crippen LogP contribution in [-0.2, 0) is 17.7 Å². The number of nitrogens with zero attached hydrogens (tertiary/aromatic N) is 1. The van der Waals surface area contributed by atoms with Gasteiger partial charge >= 0.3 is 0 Å². The number of hydrogen-bond donors (Lipinski definition) is 1. The Hall–Kier alpha value is -0.450. The highest BCUT2D eigenvalue weighted by atomic mass is 32.1. The quantitative estimate of drug-likeness (QED) is 0.708. The summed E-state index contributed by atoms with van der Waals surface area (Å²) in [6.07, 6.45) is 5.75. The molecule has 0 radical (unpaired) electrons. The van der Waals surface area contributed by atoms with Crippen LogP contribution in [0.1, 0.15) is 29.7 Å². The highest BCUT2D eigenvalue weighted by molar-refractivity contribution is 7.11. The Morgan fingerprint density at radius 1 is 1.56 bits per heavy atom. The summed E-state index contributed by atoms with van der Waals surface area (Å²) in [5.74, 6) is 0.869. The standard InChI is InChI=1S/C12H20N2OS/c1-2-12-14-8-11(16-12)7-13-5-6-15-9-10-3-4-10/h8,10,13H,2-7,9H2,1H3. The van der Waals surface area contributed by atoms with E-state index in [1.165, 1.54) is 22.7 Å². The van der Waals surface area contributed by atoms with Gasteiger partial charge in [-0.2, -0.15) is 0 Å². The number of thiazole rings is 1. The lowest BCUT2D eigenvalue weighted by Crippen LogP contribution is -2.19. The van der Waals surface area contributed by atoms with Gasteiger partial charge < -0.3 is 10.1 Å². The van der Waals surface area contributed by atoms with Crippen LogP contribution in [0.15, 0.2) is 6.20 Å². The molecule has 1 fully saturated rings. The topological polar surface area (TPSA) is 34.2 Å². The second-order valence-corrected chi connectivity index (χ2v) is 5.47. The van der Waals surface area contributed by atoms with Gasteiger partial charge in [-0.3, -0.25) is 0 Å². The molecule has 2 rings (SSSR count). The van der Waals surface area contributed by atoms with Gasteiger partial charge in [0.15, 0.2) is 0 Å². The van der Waals surface area contributed by atoms with Gasteiger partial charge in [-0.15, -0.1) is 11.3 Å². The van der Waals surface area contributed by atoms with E-state index in [-0.39, 0.29) is 0 Å². The molecule has 1 N–H and O–H groups in total. The Kier molecular flexibility index (Phi) is 4.75. The highest BCUT2D eigenvalue weighted by Crippen LogP contribution is 2.28. The van der Waals surface area contributed by atoms with Crippen molar-refractivity contribution in [1.29, 1.82) is 0 Å². The zero-order valence-electron chi connectivity index (χ0n) is 9.87. The van der Waals surface area contributed by atoms with E-state index in [0.29, 0.717) is 0 Å². The molecule has 0 atom stereocenters. The van der Waals surface area contributed by atoms with Gasteiger partial charge in [-0.25, -0.2) is 4.98 Å². The lowest BCUT2D eigenvalue weighted by molar-refractivity contribution is 0.126. The van der Waals surface area contributed by atoms with Crippen LogP contribution in [0.5, 0.6) is 0 Å². The molecule has 0 spiro atoms. The van der Waals surface area contributed by atoms with Crippen LogP contribution in [0.4, 0.5) is 0 Å². The molecule has 0 unspecified atom stereocenters. The van der Waals surface area contributed by atoms with E-state index in [9.17, 15) is 0 Å². The van der Waals surface area contributed by atoms with Crippen molar-refractivity contribution >= 4 is 11.3 Å². The summed E-state index contributed by atoms with van der Waals surface area (Å²) >= 11 is 1.80. The van der Waals surface area contributed by atoms with Gasteiger partial charge in [0.25, 0.3) is 0 Å². The summed E-state index contributed by atoms with van der Waals surface area (Å²) in [6, 6.07) is 0. The molecule has 1 aliphatic carbocycles. The average Bonchev–Trinajstić information content (AvgIpc) is 3.01. The largest absolute Gasteiger partial charge is 0.380 e. The first kappa shape index (κ1) is 12.0. The minimum atomic E-state index is 0.829. The second kappa shape index (κ2) is 6.33. The Morgan fingerprint density at radius 2 is 2.44 bits per heavy atom. The molecule has 0 aromatic carbocycles. The fourth-order valence-electron chi connectivity index (χ4n) is 1.48. The fourth-order valence-corrected chi connectivity index (χ4v) is 2.32. The normalized spacial score (nSPS) is 15.6. The van der Waals surface area contributed by atoms with Crippen LogP contribution in [0, 0.1) is 5.92 Å². The van der Waals surface area contributed by atoms with Crippen molar-refractivity contribution in [2.75, 3.05) is 19.8 Å². The van der Waals surface area contributed by atoms with Crippen LogP contribution in [0.25, 0.3) is 0 Å². The van der Waals surface area contributed by atoms with Crippen LogP contribution < -0.4 is 5.32 Å². The molecule has 16 heavy (non-hydrogen) atoms. The van der Waals surface area contributed by atoms with Gasteiger partial charge in [0.1, 0.15) is 0 Å². The maximum Gasteiger partial charge on any atom is 0.0925 e. The van der Waals surface area contributed by atoms with Crippen molar-refractivity contribution in [2.24, 2.45) is 5.92 Å². The van der Waals surface area contributed by atoms with E-state index in [4.69, 9.17) is 4.74 Å². The predicted molar refractivity (Wildman–Crippen MR) is 66.7 cm³/mol. The number of aromatic nitrogens is 1. The summed E-state index contributed by atoms with van der Waals surface area (Å²) in [5.41, 5.74) is 0. The average molecular weight is 240 g/mol. The molecule has 4 heteroatoms. The first-order chi connectivity index (χ1) is 7.88. The molecule has 0 aliphatic heterocycles. The Labute approximate surface area is 101 Å². The molecule has 1 heterocycles. The van der Waals surface area contributed by atoms with Crippen molar-refractivity contribution < 1.29 is 4.74 Å². The second-order valence-electron chi connectivity index (χ2n) is 4.27. The molecule has 3 nitrogen and oxygen atoms in total. The molecule has 0 saturated heterocycles. The molecule has 0 amide bonds. The monoisotopic (exact) mass is 240 g/mol. The first-order valence-corrected chi connectivity index (χ1v) is 6.92. The third-order valence-corrected chi connectivity index (χ3v) is 3.82. The van der Waals surface area contributed by atoms with E-state index in [0.717, 1.165) is 38.6 Å². The van der Waals surface area contributed by atoms with Crippen LogP contribution in [0.3, 0.4) is 0 Å². The van der Waals surface area contributed by atoms with Crippen LogP contribution in [-0.4, -0.2) is 24.7 Å². The Balaban J connectivity index is 1.49. The first-order valence-electron chi connectivity index (χ1n) is 6.10. The summed E-state index contributed by atoms with van der Waals surface area (Å²) < 4.78 is 5.55. The SMILES string of the molecule is CCc1ncc(CNCCOCC2CC2)s1. The van der Waals surface area contributed by atoms with Crippen molar-refractivity contribution in [3.8, 4) is 0 Å². The fraction of sp³-hybridized carbons (Fsp3) is 0.750. The van der Waals surface area contributed by atoms with Gasteiger partial charge in [0.2, 0.25) is 0 Å². The van der Waals surface area contributed by atoms with Crippen molar-refractivity contribution in [3.63, 3.8) is 0 Å².